The van der Waals surface area contributed by atoms with E-state index in [4.69, 9.17) is 9.15 Å². The first-order chi connectivity index (χ1) is 14.5. The number of amides is 1. The Hall–Kier alpha value is -4.00. The Morgan fingerprint density at radius 1 is 1.10 bits per heavy atom. The molecule has 0 aliphatic carbocycles. The van der Waals surface area contributed by atoms with Crippen LogP contribution in [-0.2, 0) is 11.3 Å². The number of hydrogen-bond donors (Lipinski definition) is 2. The van der Waals surface area contributed by atoms with Crippen LogP contribution < -0.4 is 4.74 Å². The number of aromatic hydroxyl groups is 1. The largest absolute Gasteiger partial charge is 0.504 e. The van der Waals surface area contributed by atoms with Gasteiger partial charge in [0.25, 0.3) is 5.91 Å². The van der Waals surface area contributed by atoms with E-state index in [2.05, 4.69) is 0 Å². The Balaban J connectivity index is 1.83. The summed E-state index contributed by atoms with van der Waals surface area (Å²) < 4.78 is 10.4. The molecule has 2 aromatic carbocycles. The number of aliphatic hydroxyl groups is 1. The summed E-state index contributed by atoms with van der Waals surface area (Å²) in [7, 11) is 1.41. The molecule has 1 aromatic heterocycles. The van der Waals surface area contributed by atoms with E-state index in [9.17, 15) is 19.8 Å². The van der Waals surface area contributed by atoms with Crippen molar-refractivity contribution in [3.63, 3.8) is 0 Å². The highest BCUT2D eigenvalue weighted by Gasteiger charge is 2.44. The molecule has 7 heteroatoms. The van der Waals surface area contributed by atoms with Gasteiger partial charge in [0.15, 0.2) is 23.0 Å². The zero-order valence-corrected chi connectivity index (χ0v) is 16.1. The van der Waals surface area contributed by atoms with Crippen LogP contribution in [0.2, 0.25) is 0 Å². The lowest BCUT2D eigenvalue weighted by Crippen LogP contribution is -2.30. The number of benzene rings is 2. The van der Waals surface area contributed by atoms with Gasteiger partial charge >= 0.3 is 0 Å². The van der Waals surface area contributed by atoms with Crippen molar-refractivity contribution in [2.75, 3.05) is 7.11 Å². The van der Waals surface area contributed by atoms with E-state index in [0.29, 0.717) is 5.56 Å². The molecule has 7 nitrogen and oxygen atoms in total. The predicted octanol–water partition coefficient (Wildman–Crippen LogP) is 3.77. The first-order valence-electron chi connectivity index (χ1n) is 9.24. The van der Waals surface area contributed by atoms with Gasteiger partial charge in [0, 0.05) is 6.54 Å². The van der Waals surface area contributed by atoms with Crippen LogP contribution >= 0.6 is 0 Å². The monoisotopic (exact) mass is 405 g/mol. The van der Waals surface area contributed by atoms with Crippen molar-refractivity contribution in [1.29, 1.82) is 0 Å². The topological polar surface area (TPSA) is 100 Å². The third-order valence-electron chi connectivity index (χ3n) is 5.01. The molecule has 0 unspecified atom stereocenters. The Morgan fingerprint density at radius 3 is 2.53 bits per heavy atom. The average Bonchev–Trinajstić information content (AvgIpc) is 3.38. The van der Waals surface area contributed by atoms with Gasteiger partial charge < -0.3 is 24.3 Å². The fraction of sp³-hybridized carbons (Fsp3) is 0.130. The smallest absolute Gasteiger partial charge is 0.290 e. The number of ether oxygens (including phenoxy) is 1. The van der Waals surface area contributed by atoms with E-state index in [0.717, 1.165) is 5.56 Å². The lowest BCUT2D eigenvalue weighted by molar-refractivity contribution is -0.130. The molecule has 152 valence electrons. The summed E-state index contributed by atoms with van der Waals surface area (Å²) in [6.45, 7) is 0.173. The number of methoxy groups -OCH3 is 1. The molecule has 2 heterocycles. The molecule has 0 saturated heterocycles. The van der Waals surface area contributed by atoms with Crippen LogP contribution in [0.3, 0.4) is 0 Å². The first-order valence-corrected chi connectivity index (χ1v) is 9.24. The molecule has 3 aromatic rings. The predicted molar refractivity (Wildman–Crippen MR) is 107 cm³/mol. The summed E-state index contributed by atoms with van der Waals surface area (Å²) >= 11 is 0. The highest BCUT2D eigenvalue weighted by atomic mass is 16.5. The van der Waals surface area contributed by atoms with Crippen LogP contribution in [0, 0.1) is 0 Å². The molecule has 1 amide bonds. The van der Waals surface area contributed by atoms with Crippen molar-refractivity contribution in [2.45, 2.75) is 12.6 Å². The van der Waals surface area contributed by atoms with E-state index < -0.39 is 23.5 Å². The van der Waals surface area contributed by atoms with Gasteiger partial charge in [-0.2, -0.15) is 0 Å². The Morgan fingerprint density at radius 2 is 1.87 bits per heavy atom. The maximum Gasteiger partial charge on any atom is 0.290 e. The molecule has 1 atom stereocenters. The van der Waals surface area contributed by atoms with Crippen molar-refractivity contribution in [3.8, 4) is 11.5 Å². The fourth-order valence-electron chi connectivity index (χ4n) is 3.58. The third-order valence-corrected chi connectivity index (χ3v) is 5.01. The van der Waals surface area contributed by atoms with Crippen molar-refractivity contribution >= 4 is 11.7 Å². The zero-order chi connectivity index (χ0) is 21.3. The van der Waals surface area contributed by atoms with E-state index in [1.54, 1.807) is 18.2 Å². The average molecular weight is 405 g/mol. The minimum absolute atomic E-state index is 0.0154. The standard InChI is InChI=1S/C23H19NO6/c1-29-18-12-15(9-10-16(18)25)20-19(21(26)17-8-5-11-30-17)22(27)23(28)24(20)13-14-6-3-2-4-7-14/h2-12,20,25,27H,13H2,1H3/t20-/m0/s1. The second kappa shape index (κ2) is 7.79. The molecular weight excluding hydrogens is 386 g/mol. The number of nitrogens with zero attached hydrogens (tertiary/aromatic N) is 1. The van der Waals surface area contributed by atoms with Crippen LogP contribution in [0.5, 0.6) is 11.5 Å². The normalized spacial score (nSPS) is 16.2. The lowest BCUT2D eigenvalue weighted by atomic mass is 9.94. The van der Waals surface area contributed by atoms with E-state index in [1.165, 1.54) is 30.4 Å². The molecule has 30 heavy (non-hydrogen) atoms. The van der Waals surface area contributed by atoms with Crippen molar-refractivity contribution in [2.24, 2.45) is 0 Å². The number of carbonyl (C=O) groups excluding carboxylic acids is 2. The summed E-state index contributed by atoms with van der Waals surface area (Å²) in [5.41, 5.74) is 1.26. The summed E-state index contributed by atoms with van der Waals surface area (Å²) in [4.78, 5) is 27.5. The number of phenolic OH excluding ortho intramolecular Hbond substituents is 1. The van der Waals surface area contributed by atoms with E-state index >= 15 is 0 Å². The summed E-state index contributed by atoms with van der Waals surface area (Å²) in [5.74, 6) is -1.74. The van der Waals surface area contributed by atoms with Crippen LogP contribution in [0.25, 0.3) is 0 Å². The quantitative estimate of drug-likeness (QED) is 0.606. The molecule has 0 fully saturated rings. The number of aliphatic hydroxyl groups excluding tert-OH is 1. The summed E-state index contributed by atoms with van der Waals surface area (Å²) in [6.07, 6.45) is 1.35. The summed E-state index contributed by atoms with van der Waals surface area (Å²) in [6, 6.07) is 15.9. The van der Waals surface area contributed by atoms with Crippen LogP contribution in [0.4, 0.5) is 0 Å². The van der Waals surface area contributed by atoms with Crippen molar-refractivity contribution in [3.05, 3.63) is 95.1 Å². The number of ketones is 1. The molecular formula is C23H19NO6. The number of Topliss-reactive ketones (excluding diaryl/α,β-unsaturated/α-hetero) is 1. The molecule has 2 N–H and O–H groups in total. The number of carbonyl (C=O) groups is 2. The van der Waals surface area contributed by atoms with Gasteiger partial charge in [-0.3, -0.25) is 9.59 Å². The highest BCUT2D eigenvalue weighted by molar-refractivity contribution is 6.15. The van der Waals surface area contributed by atoms with Gasteiger partial charge in [-0.05, 0) is 35.4 Å². The molecule has 4 rings (SSSR count). The molecule has 0 bridgehead atoms. The third kappa shape index (κ3) is 3.30. The first kappa shape index (κ1) is 19.3. The molecule has 0 radical (unpaired) electrons. The van der Waals surface area contributed by atoms with Gasteiger partial charge in [0.05, 0.1) is 25.0 Å². The lowest BCUT2D eigenvalue weighted by Gasteiger charge is -2.27. The maximum absolute atomic E-state index is 13.1. The Bertz CT molecular complexity index is 1120. The molecule has 1 aliphatic heterocycles. The van der Waals surface area contributed by atoms with Crippen LogP contribution in [-0.4, -0.2) is 33.9 Å². The second-order valence-electron chi connectivity index (χ2n) is 6.82. The van der Waals surface area contributed by atoms with Crippen LogP contribution in [0.15, 0.2) is 82.7 Å². The fourth-order valence-corrected chi connectivity index (χ4v) is 3.58. The molecule has 1 aliphatic rings. The number of furan rings is 1. The summed E-state index contributed by atoms with van der Waals surface area (Å²) in [5, 5.41) is 20.6. The van der Waals surface area contributed by atoms with Crippen LogP contribution in [0.1, 0.15) is 27.7 Å². The molecule has 0 saturated carbocycles. The van der Waals surface area contributed by atoms with E-state index in [1.807, 2.05) is 30.3 Å². The number of rotatable bonds is 6. The number of hydrogen-bond acceptors (Lipinski definition) is 6. The zero-order valence-electron chi connectivity index (χ0n) is 16.1. The van der Waals surface area contributed by atoms with Crippen molar-refractivity contribution in [1.82, 2.24) is 4.90 Å². The van der Waals surface area contributed by atoms with Gasteiger partial charge in [-0.15, -0.1) is 0 Å². The minimum Gasteiger partial charge on any atom is -0.504 e. The van der Waals surface area contributed by atoms with Gasteiger partial charge in [0.2, 0.25) is 5.78 Å². The Kier molecular flexibility index (Phi) is 5.02. The maximum atomic E-state index is 13.1. The highest BCUT2D eigenvalue weighted by Crippen LogP contribution is 2.42. The second-order valence-corrected chi connectivity index (χ2v) is 6.82. The SMILES string of the molecule is COc1cc([C@H]2C(C(=O)c3ccco3)=C(O)C(=O)N2Cc2ccccc2)ccc1O. The van der Waals surface area contributed by atoms with Gasteiger partial charge in [-0.25, -0.2) is 0 Å². The van der Waals surface area contributed by atoms with Gasteiger partial charge in [0.1, 0.15) is 0 Å². The van der Waals surface area contributed by atoms with Gasteiger partial charge in [-0.1, -0.05) is 36.4 Å². The van der Waals surface area contributed by atoms with E-state index in [-0.39, 0.29) is 29.4 Å². The minimum atomic E-state index is -0.884. The molecule has 0 spiro atoms. The van der Waals surface area contributed by atoms with Crippen molar-refractivity contribution < 1.29 is 29.0 Å². The Labute approximate surface area is 172 Å². The number of phenols is 1.